The average Bonchev–Trinajstić information content (AvgIpc) is 2.82. The fourth-order valence-electron chi connectivity index (χ4n) is 2.49. The van der Waals surface area contributed by atoms with Gasteiger partial charge in [0.15, 0.2) is 0 Å². The lowest BCUT2D eigenvalue weighted by Crippen LogP contribution is -2.44. The highest BCUT2D eigenvalue weighted by atomic mass is 79.9. The van der Waals surface area contributed by atoms with Crippen LogP contribution < -0.4 is 5.32 Å². The van der Waals surface area contributed by atoms with Gasteiger partial charge in [0.05, 0.1) is 17.5 Å². The van der Waals surface area contributed by atoms with Gasteiger partial charge in [-0.1, -0.05) is 0 Å². The SMILES string of the molecule is OC1(CNCc2cnc3ccc(Br)cn23)CCOCC1. The summed E-state index contributed by atoms with van der Waals surface area (Å²) in [4.78, 5) is 4.36. The quantitative estimate of drug-likeness (QED) is 0.890. The largest absolute Gasteiger partial charge is 0.388 e. The van der Waals surface area contributed by atoms with Crippen molar-refractivity contribution in [3.8, 4) is 0 Å². The van der Waals surface area contributed by atoms with Crippen LogP contribution in [0.5, 0.6) is 0 Å². The predicted octanol–water partition coefficient (Wildman–Crippen LogP) is 1.73. The lowest BCUT2D eigenvalue weighted by atomic mass is 9.94. The van der Waals surface area contributed by atoms with Gasteiger partial charge >= 0.3 is 0 Å². The first-order chi connectivity index (χ1) is 9.66. The van der Waals surface area contributed by atoms with Gasteiger partial charge in [-0.3, -0.25) is 0 Å². The number of aromatic nitrogens is 2. The number of nitrogens with zero attached hydrogens (tertiary/aromatic N) is 2. The Morgan fingerprint density at radius 2 is 2.20 bits per heavy atom. The number of hydrogen-bond acceptors (Lipinski definition) is 4. The minimum Gasteiger partial charge on any atom is -0.388 e. The molecule has 0 aliphatic carbocycles. The smallest absolute Gasteiger partial charge is 0.136 e. The third-order valence-electron chi connectivity index (χ3n) is 3.73. The van der Waals surface area contributed by atoms with Gasteiger partial charge in [0.25, 0.3) is 0 Å². The highest BCUT2D eigenvalue weighted by Crippen LogP contribution is 2.19. The lowest BCUT2D eigenvalue weighted by Gasteiger charge is -2.32. The zero-order valence-corrected chi connectivity index (χ0v) is 12.8. The van der Waals surface area contributed by atoms with Gasteiger partial charge < -0.3 is 19.6 Å². The molecule has 2 aromatic heterocycles. The number of halogens is 1. The summed E-state index contributed by atoms with van der Waals surface area (Å²) in [5, 5.41) is 13.7. The Morgan fingerprint density at radius 1 is 1.40 bits per heavy atom. The van der Waals surface area contributed by atoms with Crippen molar-refractivity contribution in [1.82, 2.24) is 14.7 Å². The second-order valence-electron chi connectivity index (χ2n) is 5.27. The summed E-state index contributed by atoms with van der Waals surface area (Å²) in [5.74, 6) is 0. The molecule has 108 valence electrons. The Morgan fingerprint density at radius 3 is 3.00 bits per heavy atom. The van der Waals surface area contributed by atoms with E-state index in [-0.39, 0.29) is 0 Å². The molecule has 0 bridgehead atoms. The van der Waals surface area contributed by atoms with E-state index in [4.69, 9.17) is 4.74 Å². The molecule has 1 saturated heterocycles. The molecule has 0 spiro atoms. The number of rotatable bonds is 4. The fraction of sp³-hybridized carbons (Fsp3) is 0.500. The first kappa shape index (κ1) is 14.0. The molecule has 0 unspecified atom stereocenters. The van der Waals surface area contributed by atoms with Crippen LogP contribution in [0.25, 0.3) is 5.65 Å². The Hall–Kier alpha value is -0.950. The Labute approximate surface area is 126 Å². The summed E-state index contributed by atoms with van der Waals surface area (Å²) in [6.07, 6.45) is 5.25. The van der Waals surface area contributed by atoms with Crippen molar-refractivity contribution in [2.24, 2.45) is 0 Å². The van der Waals surface area contributed by atoms with Crippen LogP contribution in [0.1, 0.15) is 18.5 Å². The van der Waals surface area contributed by atoms with Gasteiger partial charge in [-0.05, 0) is 28.1 Å². The molecule has 3 rings (SSSR count). The number of fused-ring (bicyclic) bond motifs is 1. The maximum absolute atomic E-state index is 10.4. The molecular formula is C14H18BrN3O2. The van der Waals surface area contributed by atoms with E-state index in [0.717, 1.165) is 15.8 Å². The Kier molecular flexibility index (Phi) is 4.07. The third-order valence-corrected chi connectivity index (χ3v) is 4.20. The van der Waals surface area contributed by atoms with Gasteiger partial charge in [-0.25, -0.2) is 4.98 Å². The maximum atomic E-state index is 10.4. The first-order valence-corrected chi connectivity index (χ1v) is 7.58. The fourth-order valence-corrected chi connectivity index (χ4v) is 2.82. The van der Waals surface area contributed by atoms with Gasteiger partial charge in [0.1, 0.15) is 5.65 Å². The van der Waals surface area contributed by atoms with Crippen LogP contribution in [0.3, 0.4) is 0 Å². The zero-order chi connectivity index (χ0) is 14.0. The van der Waals surface area contributed by atoms with Gasteiger partial charge in [0, 0.05) is 49.8 Å². The van der Waals surface area contributed by atoms with Crippen molar-refractivity contribution >= 4 is 21.6 Å². The van der Waals surface area contributed by atoms with Crippen LogP contribution in [0, 0.1) is 0 Å². The topological polar surface area (TPSA) is 58.8 Å². The monoisotopic (exact) mass is 339 g/mol. The maximum Gasteiger partial charge on any atom is 0.136 e. The van der Waals surface area contributed by atoms with E-state index < -0.39 is 5.60 Å². The van der Waals surface area contributed by atoms with Gasteiger partial charge in [-0.15, -0.1) is 0 Å². The van der Waals surface area contributed by atoms with E-state index in [9.17, 15) is 5.11 Å². The van der Waals surface area contributed by atoms with Crippen LogP contribution in [0.15, 0.2) is 29.0 Å². The number of imidazole rings is 1. The molecule has 2 aromatic rings. The van der Waals surface area contributed by atoms with E-state index in [1.807, 2.05) is 28.9 Å². The molecule has 0 saturated carbocycles. The van der Waals surface area contributed by atoms with Crippen molar-refractivity contribution in [3.63, 3.8) is 0 Å². The highest BCUT2D eigenvalue weighted by Gasteiger charge is 2.29. The molecule has 1 aliphatic rings. The molecule has 0 radical (unpaired) electrons. The standard InChI is InChI=1S/C14H18BrN3O2/c15-11-1-2-13-17-8-12(18(13)9-11)7-16-10-14(19)3-5-20-6-4-14/h1-2,8-9,16,19H,3-7,10H2. The number of aliphatic hydroxyl groups is 1. The van der Waals surface area contributed by atoms with Crippen LogP contribution >= 0.6 is 15.9 Å². The van der Waals surface area contributed by atoms with Crippen LogP contribution in [-0.4, -0.2) is 39.9 Å². The first-order valence-electron chi connectivity index (χ1n) is 6.79. The number of nitrogens with one attached hydrogen (secondary N) is 1. The minimum absolute atomic E-state index is 0.581. The van der Waals surface area contributed by atoms with E-state index in [1.54, 1.807) is 0 Å². The van der Waals surface area contributed by atoms with Crippen molar-refractivity contribution in [1.29, 1.82) is 0 Å². The number of pyridine rings is 1. The third kappa shape index (κ3) is 3.03. The van der Waals surface area contributed by atoms with Crippen LogP contribution in [-0.2, 0) is 11.3 Å². The molecule has 1 aliphatic heterocycles. The molecule has 3 heterocycles. The average molecular weight is 340 g/mol. The van der Waals surface area contributed by atoms with E-state index in [1.165, 1.54) is 0 Å². The van der Waals surface area contributed by atoms with Crippen molar-refractivity contribution in [3.05, 3.63) is 34.7 Å². The Balaban J connectivity index is 1.63. The van der Waals surface area contributed by atoms with Crippen molar-refractivity contribution < 1.29 is 9.84 Å². The van der Waals surface area contributed by atoms with Crippen LogP contribution in [0.2, 0.25) is 0 Å². The van der Waals surface area contributed by atoms with Gasteiger partial charge in [-0.2, -0.15) is 0 Å². The predicted molar refractivity (Wildman–Crippen MR) is 79.6 cm³/mol. The van der Waals surface area contributed by atoms with Crippen molar-refractivity contribution in [2.75, 3.05) is 19.8 Å². The Bertz CT molecular complexity index is 593. The molecule has 5 nitrogen and oxygen atoms in total. The number of hydrogen-bond donors (Lipinski definition) is 2. The molecule has 2 N–H and O–H groups in total. The number of ether oxygens (including phenoxy) is 1. The van der Waals surface area contributed by atoms with Crippen LogP contribution in [0.4, 0.5) is 0 Å². The summed E-state index contributed by atoms with van der Waals surface area (Å²) in [5.41, 5.74) is 1.37. The summed E-state index contributed by atoms with van der Waals surface area (Å²) in [6.45, 7) is 2.54. The molecular weight excluding hydrogens is 322 g/mol. The van der Waals surface area contributed by atoms with E-state index >= 15 is 0 Å². The van der Waals surface area contributed by atoms with Gasteiger partial charge in [0.2, 0.25) is 0 Å². The summed E-state index contributed by atoms with van der Waals surface area (Å²) < 4.78 is 8.35. The zero-order valence-electron chi connectivity index (χ0n) is 11.2. The summed E-state index contributed by atoms with van der Waals surface area (Å²) in [6, 6.07) is 3.95. The molecule has 0 aromatic carbocycles. The molecule has 6 heteroatoms. The van der Waals surface area contributed by atoms with Crippen molar-refractivity contribution in [2.45, 2.75) is 25.0 Å². The molecule has 20 heavy (non-hydrogen) atoms. The summed E-state index contributed by atoms with van der Waals surface area (Å²) >= 11 is 3.47. The molecule has 0 amide bonds. The second kappa shape index (κ2) is 5.81. The minimum atomic E-state index is -0.640. The lowest BCUT2D eigenvalue weighted by molar-refractivity contribution is -0.0617. The second-order valence-corrected chi connectivity index (χ2v) is 6.18. The molecule has 1 fully saturated rings. The van der Waals surface area contributed by atoms with E-state index in [2.05, 4.69) is 26.2 Å². The normalized spacial score (nSPS) is 18.5. The van der Waals surface area contributed by atoms with E-state index in [0.29, 0.717) is 39.1 Å². The molecule has 0 atom stereocenters. The summed E-state index contributed by atoms with van der Waals surface area (Å²) in [7, 11) is 0. The highest BCUT2D eigenvalue weighted by molar-refractivity contribution is 9.10.